The first kappa shape index (κ1) is 24.1. The topological polar surface area (TPSA) is 96.3 Å². The molecule has 1 aliphatic carbocycles. The van der Waals surface area contributed by atoms with Crippen molar-refractivity contribution in [2.45, 2.75) is 58.3 Å². The summed E-state index contributed by atoms with van der Waals surface area (Å²) in [6.07, 6.45) is 3.11. The molecule has 1 aromatic heterocycles. The van der Waals surface area contributed by atoms with Crippen molar-refractivity contribution in [1.82, 2.24) is 19.8 Å². The number of amides is 3. The maximum absolute atomic E-state index is 13.8. The van der Waals surface area contributed by atoms with Crippen LogP contribution in [0.3, 0.4) is 0 Å². The van der Waals surface area contributed by atoms with Crippen LogP contribution in [0.25, 0.3) is 0 Å². The molecule has 2 N–H and O–H groups in total. The summed E-state index contributed by atoms with van der Waals surface area (Å²) in [5, 5.41) is 6.37. The summed E-state index contributed by atoms with van der Waals surface area (Å²) in [6.45, 7) is 6.17. The van der Waals surface area contributed by atoms with E-state index < -0.39 is 11.4 Å². The number of rotatable bonds is 6. The minimum atomic E-state index is -1.10. The lowest BCUT2D eigenvalue weighted by atomic mass is 9.93. The molecule has 5 rings (SSSR count). The zero-order chi connectivity index (χ0) is 25.6. The van der Waals surface area contributed by atoms with Gasteiger partial charge < -0.3 is 20.1 Å². The van der Waals surface area contributed by atoms with E-state index in [1.807, 2.05) is 31.2 Å². The van der Waals surface area contributed by atoms with E-state index in [0.29, 0.717) is 17.3 Å². The van der Waals surface area contributed by atoms with Gasteiger partial charge in [-0.05, 0) is 56.9 Å². The number of benzene rings is 2. The van der Waals surface area contributed by atoms with Crippen LogP contribution in [0.5, 0.6) is 0 Å². The highest BCUT2D eigenvalue weighted by Gasteiger charge is 2.53. The number of imidazole rings is 1. The van der Waals surface area contributed by atoms with E-state index in [-0.39, 0.29) is 35.8 Å². The Bertz CT molecular complexity index is 1380. The van der Waals surface area contributed by atoms with E-state index in [1.165, 1.54) is 6.33 Å². The minimum absolute atomic E-state index is 0.0345. The molecule has 186 valence electrons. The van der Waals surface area contributed by atoms with Crippen molar-refractivity contribution < 1.29 is 14.4 Å². The predicted molar refractivity (Wildman–Crippen MR) is 137 cm³/mol. The Balaban J connectivity index is 1.41. The summed E-state index contributed by atoms with van der Waals surface area (Å²) in [5.41, 5.74) is 2.51. The summed E-state index contributed by atoms with van der Waals surface area (Å²) >= 11 is 6.19. The molecular formula is C27H28ClN5O3. The number of anilines is 1. The molecule has 1 atom stereocenters. The fourth-order valence-electron chi connectivity index (χ4n) is 4.84. The van der Waals surface area contributed by atoms with Gasteiger partial charge in [-0.25, -0.2) is 4.98 Å². The summed E-state index contributed by atoms with van der Waals surface area (Å²) < 4.78 is 1.62. The number of hydrogen-bond acceptors (Lipinski definition) is 4. The van der Waals surface area contributed by atoms with Crippen molar-refractivity contribution in [1.29, 1.82) is 0 Å². The van der Waals surface area contributed by atoms with Crippen molar-refractivity contribution >= 4 is 35.0 Å². The van der Waals surface area contributed by atoms with Gasteiger partial charge in [-0.2, -0.15) is 0 Å². The van der Waals surface area contributed by atoms with Gasteiger partial charge >= 0.3 is 0 Å². The molecule has 3 aromatic rings. The third-order valence-corrected chi connectivity index (χ3v) is 7.35. The van der Waals surface area contributed by atoms with E-state index in [9.17, 15) is 14.4 Å². The number of aryl methyl sites for hydroxylation is 1. The first-order valence-corrected chi connectivity index (χ1v) is 12.4. The summed E-state index contributed by atoms with van der Waals surface area (Å²) in [6, 6.07) is 13.1. The first-order chi connectivity index (χ1) is 17.2. The second-order valence-electron chi connectivity index (χ2n) is 9.79. The van der Waals surface area contributed by atoms with Crippen molar-refractivity contribution in [3.63, 3.8) is 0 Å². The maximum atomic E-state index is 13.8. The zero-order valence-electron chi connectivity index (χ0n) is 20.5. The smallest absolute Gasteiger partial charge is 0.276 e. The molecule has 0 radical (unpaired) electrons. The number of carbonyl (C=O) groups is 3. The van der Waals surface area contributed by atoms with Gasteiger partial charge in [-0.1, -0.05) is 47.5 Å². The lowest BCUT2D eigenvalue weighted by molar-refractivity contribution is -0.133. The number of aromatic nitrogens is 2. The molecule has 2 aromatic carbocycles. The molecule has 2 aliphatic rings. The van der Waals surface area contributed by atoms with Crippen LogP contribution in [0.2, 0.25) is 5.02 Å². The molecule has 0 saturated heterocycles. The highest BCUT2D eigenvalue weighted by atomic mass is 35.5. The van der Waals surface area contributed by atoms with Crippen LogP contribution >= 0.6 is 11.6 Å². The molecule has 9 heteroatoms. The number of nitrogens with one attached hydrogen (secondary N) is 2. The molecule has 8 nitrogen and oxygen atoms in total. The average Bonchev–Trinajstić information content (AvgIpc) is 3.58. The van der Waals surface area contributed by atoms with Gasteiger partial charge in [-0.3, -0.25) is 14.4 Å². The molecule has 0 unspecified atom stereocenters. The number of nitrogens with zero attached hydrogens (tertiary/aromatic N) is 3. The van der Waals surface area contributed by atoms with E-state index in [4.69, 9.17) is 11.6 Å². The number of hydrogen-bond donors (Lipinski definition) is 2. The summed E-state index contributed by atoms with van der Waals surface area (Å²) in [7, 11) is 0. The van der Waals surface area contributed by atoms with Crippen LogP contribution in [0.15, 0.2) is 48.8 Å². The van der Waals surface area contributed by atoms with Crippen LogP contribution < -0.4 is 10.6 Å². The van der Waals surface area contributed by atoms with Crippen molar-refractivity contribution in [2.24, 2.45) is 0 Å². The fourth-order valence-corrected chi connectivity index (χ4v) is 5.02. The normalized spacial score (nSPS) is 19.1. The third-order valence-electron chi connectivity index (χ3n) is 6.94. The van der Waals surface area contributed by atoms with Gasteiger partial charge in [0, 0.05) is 23.3 Å². The lowest BCUT2D eigenvalue weighted by Crippen LogP contribution is -2.64. The quantitative estimate of drug-likeness (QED) is 0.527. The van der Waals surface area contributed by atoms with Gasteiger partial charge in [-0.15, -0.1) is 0 Å². The number of fused-ring (bicyclic) bond motifs is 1. The molecule has 0 spiro atoms. The van der Waals surface area contributed by atoms with E-state index in [2.05, 4.69) is 15.6 Å². The lowest BCUT2D eigenvalue weighted by Gasteiger charge is -2.44. The largest absolute Gasteiger partial charge is 0.350 e. The van der Waals surface area contributed by atoms with E-state index in [0.717, 1.165) is 29.5 Å². The zero-order valence-corrected chi connectivity index (χ0v) is 21.2. The van der Waals surface area contributed by atoms with Crippen LogP contribution in [0, 0.1) is 13.8 Å². The minimum Gasteiger partial charge on any atom is -0.350 e. The van der Waals surface area contributed by atoms with Crippen LogP contribution in [-0.4, -0.2) is 43.8 Å². The number of carbonyl (C=O) groups excluding carboxylic acids is 3. The van der Waals surface area contributed by atoms with Gasteiger partial charge in [0.25, 0.3) is 11.8 Å². The molecule has 1 aliphatic heterocycles. The van der Waals surface area contributed by atoms with Crippen LogP contribution in [0.1, 0.15) is 57.4 Å². The Morgan fingerprint density at radius 2 is 1.92 bits per heavy atom. The van der Waals surface area contributed by atoms with Gasteiger partial charge in [0.2, 0.25) is 5.91 Å². The fraction of sp³-hybridized carbons (Fsp3) is 0.333. The van der Waals surface area contributed by atoms with Crippen LogP contribution in [-0.2, 0) is 17.9 Å². The van der Waals surface area contributed by atoms with Gasteiger partial charge in [0.15, 0.2) is 5.69 Å². The Morgan fingerprint density at radius 1 is 1.17 bits per heavy atom. The molecule has 1 saturated carbocycles. The summed E-state index contributed by atoms with van der Waals surface area (Å²) in [4.78, 5) is 46.4. The first-order valence-electron chi connectivity index (χ1n) is 12.0. The molecule has 1 fully saturated rings. The predicted octanol–water partition coefficient (Wildman–Crippen LogP) is 4.10. The van der Waals surface area contributed by atoms with Crippen LogP contribution in [0.4, 0.5) is 5.69 Å². The Morgan fingerprint density at radius 3 is 2.64 bits per heavy atom. The van der Waals surface area contributed by atoms with E-state index >= 15 is 0 Å². The Hall–Kier alpha value is -3.65. The van der Waals surface area contributed by atoms with Crippen molar-refractivity contribution in [2.75, 3.05) is 5.32 Å². The maximum Gasteiger partial charge on any atom is 0.276 e. The highest BCUT2D eigenvalue weighted by molar-refractivity contribution is 6.31. The second kappa shape index (κ2) is 9.09. The van der Waals surface area contributed by atoms with Gasteiger partial charge in [0.05, 0.1) is 12.9 Å². The molecule has 3 amide bonds. The third kappa shape index (κ3) is 4.26. The molecular weight excluding hydrogens is 478 g/mol. The van der Waals surface area contributed by atoms with Crippen molar-refractivity contribution in [3.05, 3.63) is 81.9 Å². The van der Waals surface area contributed by atoms with Crippen molar-refractivity contribution in [3.8, 4) is 0 Å². The monoisotopic (exact) mass is 505 g/mol. The summed E-state index contributed by atoms with van der Waals surface area (Å²) in [5.74, 6) is -1.09. The molecule has 0 bridgehead atoms. The molecule has 36 heavy (non-hydrogen) atoms. The average molecular weight is 506 g/mol. The van der Waals surface area contributed by atoms with Gasteiger partial charge in [0.1, 0.15) is 11.2 Å². The van der Waals surface area contributed by atoms with E-state index in [1.54, 1.807) is 41.5 Å². The standard InChI is InChI=1S/C27H28ClN5O3/c1-16-6-4-7-18(12-16)13-29-26(36)27(3)14-32-15-30-22(23(32)25(35)33(27)19-10-11-19)24(34)31-21-9-5-8-20(28)17(21)2/h4-9,12,15,19H,10-11,13-14H2,1-3H3,(H,29,36)(H,31,34)/t27-/m1/s1. The Labute approximate surface area is 214 Å². The second-order valence-corrected chi connectivity index (χ2v) is 10.2. The number of halogens is 1. The highest BCUT2D eigenvalue weighted by Crippen LogP contribution is 2.39. The SMILES string of the molecule is Cc1cccc(CNC(=O)[C@@]2(C)Cn3cnc(C(=O)Nc4cccc(Cl)c4C)c3C(=O)N2C2CC2)c1. The molecule has 2 heterocycles. The Kier molecular flexibility index (Phi) is 6.08.